The molecule has 1 spiro atoms. The Bertz CT molecular complexity index is 1100. The van der Waals surface area contributed by atoms with E-state index >= 15 is 0 Å². The molecule has 5 rings (SSSR count). The van der Waals surface area contributed by atoms with Crippen LogP contribution in [0.1, 0.15) is 65.8 Å². The number of nitrogens with zero attached hydrogens (tertiary/aromatic N) is 2. The minimum atomic E-state index is -0.466. The molecule has 2 aromatic rings. The van der Waals surface area contributed by atoms with Gasteiger partial charge in [0.2, 0.25) is 11.8 Å². The Morgan fingerprint density at radius 1 is 1.16 bits per heavy atom. The van der Waals surface area contributed by atoms with Gasteiger partial charge in [0, 0.05) is 23.5 Å². The first-order valence-corrected chi connectivity index (χ1v) is 11.1. The topological polar surface area (TPSA) is 97.4 Å². The molecule has 2 fully saturated rings. The molecule has 1 aromatic heterocycles. The molecule has 162 valence electrons. The number of fused-ring (bicyclic) bond motifs is 4. The predicted octanol–water partition coefficient (Wildman–Crippen LogP) is 2.69. The third-order valence-corrected chi connectivity index (χ3v) is 7.44. The Morgan fingerprint density at radius 3 is 2.61 bits per heavy atom. The average molecular weight is 421 g/mol. The summed E-state index contributed by atoms with van der Waals surface area (Å²) in [5.41, 5.74) is 7.38. The van der Waals surface area contributed by atoms with Crippen molar-refractivity contribution in [1.82, 2.24) is 14.8 Å². The van der Waals surface area contributed by atoms with Crippen LogP contribution < -0.4 is 11.1 Å². The Kier molecular flexibility index (Phi) is 4.64. The van der Waals surface area contributed by atoms with Crippen LogP contribution in [-0.4, -0.2) is 45.8 Å². The standard InChI is InChI=1S/C24H28N4O3/c1-2-21(29)26-17-6-3-4-7-18(17)27-14-24(10-5-11-24)28-19-13-16(22(25)30)9-8-15(19)12-20(28)23(27)31/h2,8-9,12-13,17-18H,1,3-7,10-11,14H2,(H2,25,30)(H,26,29)/t17-,18-/m1/s1. The van der Waals surface area contributed by atoms with Gasteiger partial charge in [0.15, 0.2) is 0 Å². The predicted molar refractivity (Wildman–Crippen MR) is 118 cm³/mol. The number of rotatable bonds is 4. The third kappa shape index (κ3) is 3.06. The maximum absolute atomic E-state index is 13.7. The van der Waals surface area contributed by atoms with E-state index in [1.165, 1.54) is 6.08 Å². The van der Waals surface area contributed by atoms with Gasteiger partial charge in [-0.3, -0.25) is 14.4 Å². The smallest absolute Gasteiger partial charge is 0.270 e. The highest BCUT2D eigenvalue weighted by atomic mass is 16.2. The molecule has 2 aliphatic carbocycles. The van der Waals surface area contributed by atoms with E-state index in [2.05, 4.69) is 16.5 Å². The summed E-state index contributed by atoms with van der Waals surface area (Å²) in [5.74, 6) is -0.654. The number of nitrogens with one attached hydrogen (secondary N) is 1. The first-order valence-electron chi connectivity index (χ1n) is 11.1. The average Bonchev–Trinajstić information content (AvgIpc) is 3.13. The van der Waals surface area contributed by atoms with E-state index in [4.69, 9.17) is 5.73 Å². The molecule has 0 radical (unpaired) electrons. The lowest BCUT2D eigenvalue weighted by molar-refractivity contribution is -0.118. The van der Waals surface area contributed by atoms with Crippen molar-refractivity contribution in [1.29, 1.82) is 0 Å². The fourth-order valence-corrected chi connectivity index (χ4v) is 5.76. The second kappa shape index (κ2) is 7.25. The first kappa shape index (κ1) is 19.8. The molecule has 0 saturated heterocycles. The second-order valence-corrected chi connectivity index (χ2v) is 9.18. The third-order valence-electron chi connectivity index (χ3n) is 7.44. The van der Waals surface area contributed by atoms with E-state index < -0.39 is 5.91 Å². The number of aromatic nitrogens is 1. The molecule has 3 amide bonds. The van der Waals surface area contributed by atoms with E-state index in [9.17, 15) is 14.4 Å². The summed E-state index contributed by atoms with van der Waals surface area (Å²) in [6.45, 7) is 4.20. The van der Waals surface area contributed by atoms with Gasteiger partial charge in [-0.2, -0.15) is 0 Å². The summed E-state index contributed by atoms with van der Waals surface area (Å²) in [5, 5.41) is 4.01. The Balaban J connectivity index is 1.58. The lowest BCUT2D eigenvalue weighted by Gasteiger charge is -2.53. The van der Waals surface area contributed by atoms with Crippen LogP contribution in [-0.2, 0) is 10.3 Å². The number of hydrogen-bond donors (Lipinski definition) is 2. The normalized spacial score (nSPS) is 24.5. The SMILES string of the molecule is C=CC(=O)N[C@@H]1CCCC[C@H]1N1CC2(CCC2)n2c(cc3ccc(C(N)=O)cc32)C1=O. The highest BCUT2D eigenvalue weighted by molar-refractivity contribution is 6.03. The Labute approximate surface area is 181 Å². The summed E-state index contributed by atoms with van der Waals surface area (Å²) in [7, 11) is 0. The second-order valence-electron chi connectivity index (χ2n) is 9.18. The van der Waals surface area contributed by atoms with Crippen molar-refractivity contribution in [3.8, 4) is 0 Å². The number of nitrogens with two attached hydrogens (primary N) is 1. The lowest BCUT2D eigenvalue weighted by Crippen LogP contribution is -2.63. The maximum Gasteiger partial charge on any atom is 0.270 e. The van der Waals surface area contributed by atoms with Gasteiger partial charge in [0.1, 0.15) is 5.69 Å². The minimum absolute atomic E-state index is 0.000831. The maximum atomic E-state index is 13.7. The zero-order valence-corrected chi connectivity index (χ0v) is 17.6. The highest BCUT2D eigenvalue weighted by Gasteiger charge is 2.50. The van der Waals surface area contributed by atoms with Crippen LogP contribution in [0.5, 0.6) is 0 Å². The van der Waals surface area contributed by atoms with Crippen molar-refractivity contribution >= 4 is 28.6 Å². The molecule has 3 aliphatic rings. The van der Waals surface area contributed by atoms with E-state index in [-0.39, 0.29) is 29.4 Å². The summed E-state index contributed by atoms with van der Waals surface area (Å²) >= 11 is 0. The van der Waals surface area contributed by atoms with Gasteiger partial charge in [-0.25, -0.2) is 0 Å². The molecule has 31 heavy (non-hydrogen) atoms. The zero-order chi connectivity index (χ0) is 21.8. The molecule has 3 N–H and O–H groups in total. The molecule has 2 atom stereocenters. The molecule has 2 heterocycles. The lowest BCUT2D eigenvalue weighted by atomic mass is 9.73. The van der Waals surface area contributed by atoms with Gasteiger partial charge in [-0.1, -0.05) is 25.5 Å². The van der Waals surface area contributed by atoms with Crippen LogP contribution in [0.25, 0.3) is 10.9 Å². The summed E-state index contributed by atoms with van der Waals surface area (Å²) in [6, 6.07) is 7.27. The number of carbonyl (C=O) groups is 3. The van der Waals surface area contributed by atoms with Gasteiger partial charge in [-0.15, -0.1) is 0 Å². The molecule has 0 unspecified atom stereocenters. The van der Waals surface area contributed by atoms with E-state index in [0.717, 1.165) is 55.8 Å². The summed E-state index contributed by atoms with van der Waals surface area (Å²) in [6.07, 6.45) is 8.23. The summed E-state index contributed by atoms with van der Waals surface area (Å²) in [4.78, 5) is 39.5. The molecule has 1 aliphatic heterocycles. The van der Waals surface area contributed by atoms with Crippen molar-refractivity contribution in [3.05, 3.63) is 48.2 Å². The van der Waals surface area contributed by atoms with E-state index in [0.29, 0.717) is 17.8 Å². The van der Waals surface area contributed by atoms with Crippen LogP contribution in [0.15, 0.2) is 36.9 Å². The van der Waals surface area contributed by atoms with Crippen LogP contribution in [0.2, 0.25) is 0 Å². The van der Waals surface area contributed by atoms with E-state index in [1.54, 1.807) is 6.07 Å². The van der Waals surface area contributed by atoms with Gasteiger partial charge in [-0.05, 0) is 56.4 Å². The van der Waals surface area contributed by atoms with Crippen molar-refractivity contribution in [3.63, 3.8) is 0 Å². The molecule has 7 heteroatoms. The van der Waals surface area contributed by atoms with Crippen molar-refractivity contribution < 1.29 is 14.4 Å². The highest BCUT2D eigenvalue weighted by Crippen LogP contribution is 2.47. The zero-order valence-electron chi connectivity index (χ0n) is 17.6. The van der Waals surface area contributed by atoms with Gasteiger partial charge in [0.25, 0.3) is 5.91 Å². The van der Waals surface area contributed by atoms with Crippen LogP contribution in [0.3, 0.4) is 0 Å². The van der Waals surface area contributed by atoms with Gasteiger partial charge in [0.05, 0.1) is 17.1 Å². The molecule has 0 bridgehead atoms. The molecular formula is C24H28N4O3. The van der Waals surface area contributed by atoms with Crippen molar-refractivity contribution in [2.75, 3.05) is 6.54 Å². The van der Waals surface area contributed by atoms with Gasteiger partial charge >= 0.3 is 0 Å². The fourth-order valence-electron chi connectivity index (χ4n) is 5.76. The van der Waals surface area contributed by atoms with Crippen molar-refractivity contribution in [2.24, 2.45) is 5.73 Å². The summed E-state index contributed by atoms with van der Waals surface area (Å²) < 4.78 is 2.16. The van der Waals surface area contributed by atoms with Crippen LogP contribution in [0, 0.1) is 0 Å². The number of benzene rings is 1. The quantitative estimate of drug-likeness (QED) is 0.744. The number of carbonyl (C=O) groups excluding carboxylic acids is 3. The monoisotopic (exact) mass is 420 g/mol. The van der Waals surface area contributed by atoms with Crippen LogP contribution in [0.4, 0.5) is 0 Å². The minimum Gasteiger partial charge on any atom is -0.366 e. The number of hydrogen-bond acceptors (Lipinski definition) is 3. The molecule has 7 nitrogen and oxygen atoms in total. The molecule has 2 saturated carbocycles. The molecular weight excluding hydrogens is 392 g/mol. The molecule has 1 aromatic carbocycles. The van der Waals surface area contributed by atoms with Gasteiger partial charge < -0.3 is 20.5 Å². The fraction of sp³-hybridized carbons (Fsp3) is 0.458. The Morgan fingerprint density at radius 2 is 1.94 bits per heavy atom. The number of primary amides is 1. The largest absolute Gasteiger partial charge is 0.366 e. The van der Waals surface area contributed by atoms with Crippen molar-refractivity contribution in [2.45, 2.75) is 62.6 Å². The Hall–Kier alpha value is -3.09. The first-order chi connectivity index (χ1) is 14.9. The van der Waals surface area contributed by atoms with Crippen LogP contribution >= 0.6 is 0 Å². The number of amides is 3. The van der Waals surface area contributed by atoms with E-state index in [1.807, 2.05) is 23.1 Å².